The average Bonchev–Trinajstić information content (AvgIpc) is 1.64. The highest BCUT2D eigenvalue weighted by molar-refractivity contribution is 5.52. The summed E-state index contributed by atoms with van der Waals surface area (Å²) >= 11 is 0. The van der Waals surface area contributed by atoms with Gasteiger partial charge in [0.25, 0.3) is 0 Å². The molecule has 1 atom stereocenters. The Bertz CT molecular complexity index is 148. The number of carbonyl (C=O) groups is 1. The zero-order valence-electron chi connectivity index (χ0n) is 5.64. The average molecular weight is 126 g/mol. The van der Waals surface area contributed by atoms with Crippen LogP contribution in [-0.2, 0) is 4.79 Å². The minimum absolute atomic E-state index is 0.0772. The third-order valence-electron chi connectivity index (χ3n) is 0.875. The summed E-state index contributed by atoms with van der Waals surface area (Å²) in [5.41, 5.74) is -1.13. The molecular formula is C7H10O2. The highest BCUT2D eigenvalue weighted by Gasteiger charge is 2.14. The van der Waals surface area contributed by atoms with Crippen LogP contribution in [0.1, 0.15) is 20.3 Å². The molecule has 0 radical (unpaired) electrons. The Balaban J connectivity index is 3.95. The molecule has 0 aromatic rings. The van der Waals surface area contributed by atoms with Crippen LogP contribution in [0.5, 0.6) is 0 Å². The molecule has 0 aromatic heterocycles. The summed E-state index contributed by atoms with van der Waals surface area (Å²) in [6.45, 7) is 3.14. The predicted octanol–water partition coefficient (Wildman–Crippen LogP) is 0.350. The Kier molecular flexibility index (Phi) is 2.97. The molecule has 0 heterocycles. The van der Waals surface area contributed by atoms with Gasteiger partial charge in [-0.15, -0.1) is 5.92 Å². The Morgan fingerprint density at radius 3 is 2.67 bits per heavy atom. The van der Waals surface area contributed by atoms with E-state index < -0.39 is 5.60 Å². The normalized spacial score (nSPS) is 15.0. The minimum atomic E-state index is -1.13. The first kappa shape index (κ1) is 8.19. The Hall–Kier alpha value is -0.810. The molecule has 0 bridgehead atoms. The molecule has 2 heteroatoms. The molecule has 0 aliphatic heterocycles. The maximum Gasteiger partial charge on any atom is 0.129 e. The Morgan fingerprint density at radius 2 is 2.33 bits per heavy atom. The van der Waals surface area contributed by atoms with Gasteiger partial charge in [-0.25, -0.2) is 0 Å². The standard InChI is InChI=1S/C7H10O2/c1-3-4-7(2,9)5-6-8/h6,9H,5H2,1-2H3. The van der Waals surface area contributed by atoms with Crippen LogP contribution < -0.4 is 0 Å². The lowest BCUT2D eigenvalue weighted by molar-refractivity contribution is -0.110. The molecule has 0 aliphatic rings. The number of carbonyl (C=O) groups excluding carboxylic acids is 1. The topological polar surface area (TPSA) is 37.3 Å². The summed E-state index contributed by atoms with van der Waals surface area (Å²) in [4.78, 5) is 9.87. The van der Waals surface area contributed by atoms with Gasteiger partial charge in [0.2, 0.25) is 0 Å². The third-order valence-corrected chi connectivity index (χ3v) is 0.875. The number of aliphatic hydroxyl groups is 1. The van der Waals surface area contributed by atoms with Gasteiger partial charge in [-0.1, -0.05) is 5.92 Å². The van der Waals surface area contributed by atoms with E-state index in [4.69, 9.17) is 5.11 Å². The molecule has 0 saturated heterocycles. The number of hydrogen-bond acceptors (Lipinski definition) is 2. The van der Waals surface area contributed by atoms with Crippen molar-refractivity contribution in [2.75, 3.05) is 0 Å². The summed E-state index contributed by atoms with van der Waals surface area (Å²) in [6.07, 6.45) is 0.734. The van der Waals surface area contributed by atoms with Crippen molar-refractivity contribution in [3.63, 3.8) is 0 Å². The number of hydrogen-bond donors (Lipinski definition) is 1. The van der Waals surface area contributed by atoms with Crippen LogP contribution in [0.2, 0.25) is 0 Å². The molecule has 1 N–H and O–H groups in total. The van der Waals surface area contributed by atoms with E-state index in [2.05, 4.69) is 11.8 Å². The molecule has 0 spiro atoms. The van der Waals surface area contributed by atoms with Gasteiger partial charge >= 0.3 is 0 Å². The molecule has 50 valence electrons. The summed E-state index contributed by atoms with van der Waals surface area (Å²) in [7, 11) is 0. The quantitative estimate of drug-likeness (QED) is 0.428. The molecule has 9 heavy (non-hydrogen) atoms. The van der Waals surface area contributed by atoms with Gasteiger partial charge in [0.15, 0.2) is 0 Å². The van der Waals surface area contributed by atoms with Crippen molar-refractivity contribution < 1.29 is 9.90 Å². The largest absolute Gasteiger partial charge is 0.377 e. The smallest absolute Gasteiger partial charge is 0.129 e. The molecule has 0 saturated carbocycles. The molecule has 0 fully saturated rings. The second kappa shape index (κ2) is 3.26. The zero-order chi connectivity index (χ0) is 7.33. The lowest BCUT2D eigenvalue weighted by atomic mass is 10.1. The van der Waals surface area contributed by atoms with Crippen LogP contribution in [0.25, 0.3) is 0 Å². The van der Waals surface area contributed by atoms with Crippen LogP contribution in [0.3, 0.4) is 0 Å². The van der Waals surface area contributed by atoms with Gasteiger partial charge in [0.05, 0.1) is 0 Å². The fraction of sp³-hybridized carbons (Fsp3) is 0.571. The van der Waals surface area contributed by atoms with Crippen molar-refractivity contribution in [1.29, 1.82) is 0 Å². The van der Waals surface area contributed by atoms with E-state index in [1.807, 2.05) is 0 Å². The van der Waals surface area contributed by atoms with Crippen LogP contribution in [0.15, 0.2) is 0 Å². The molecular weight excluding hydrogens is 116 g/mol. The monoisotopic (exact) mass is 126 g/mol. The van der Waals surface area contributed by atoms with Gasteiger partial charge in [-0.05, 0) is 13.8 Å². The van der Waals surface area contributed by atoms with Crippen molar-refractivity contribution in [2.24, 2.45) is 0 Å². The molecule has 0 amide bonds. The first-order chi connectivity index (χ1) is 4.12. The Morgan fingerprint density at radius 1 is 1.78 bits per heavy atom. The molecule has 0 rings (SSSR count). The molecule has 0 aromatic carbocycles. The van der Waals surface area contributed by atoms with E-state index in [1.165, 1.54) is 6.92 Å². The van der Waals surface area contributed by atoms with E-state index in [0.29, 0.717) is 6.29 Å². The van der Waals surface area contributed by atoms with E-state index in [9.17, 15) is 4.79 Å². The molecule has 2 nitrogen and oxygen atoms in total. The van der Waals surface area contributed by atoms with Gasteiger partial charge in [0.1, 0.15) is 11.9 Å². The fourth-order valence-electron chi connectivity index (χ4n) is 0.483. The van der Waals surface area contributed by atoms with Crippen LogP contribution in [-0.4, -0.2) is 17.0 Å². The lowest BCUT2D eigenvalue weighted by Gasteiger charge is -2.10. The highest BCUT2D eigenvalue weighted by Crippen LogP contribution is 2.03. The predicted molar refractivity (Wildman–Crippen MR) is 34.8 cm³/mol. The van der Waals surface area contributed by atoms with E-state index in [0.717, 1.165) is 0 Å². The van der Waals surface area contributed by atoms with Crippen molar-refractivity contribution in [2.45, 2.75) is 25.9 Å². The Labute approximate surface area is 54.9 Å². The van der Waals surface area contributed by atoms with Crippen LogP contribution in [0, 0.1) is 11.8 Å². The van der Waals surface area contributed by atoms with Crippen LogP contribution in [0.4, 0.5) is 0 Å². The van der Waals surface area contributed by atoms with Crippen molar-refractivity contribution in [1.82, 2.24) is 0 Å². The maximum atomic E-state index is 9.87. The number of aldehydes is 1. The summed E-state index contributed by atoms with van der Waals surface area (Å²) < 4.78 is 0. The van der Waals surface area contributed by atoms with Gasteiger partial charge < -0.3 is 9.90 Å². The minimum Gasteiger partial charge on any atom is -0.377 e. The first-order valence-corrected chi connectivity index (χ1v) is 2.72. The van der Waals surface area contributed by atoms with E-state index in [-0.39, 0.29) is 6.42 Å². The van der Waals surface area contributed by atoms with Gasteiger partial charge in [-0.3, -0.25) is 0 Å². The van der Waals surface area contributed by atoms with Crippen molar-refractivity contribution in [3.8, 4) is 11.8 Å². The fourth-order valence-corrected chi connectivity index (χ4v) is 0.483. The first-order valence-electron chi connectivity index (χ1n) is 2.72. The maximum absolute atomic E-state index is 9.87. The highest BCUT2D eigenvalue weighted by atomic mass is 16.3. The van der Waals surface area contributed by atoms with Gasteiger partial charge in [0, 0.05) is 6.42 Å². The second-order valence-corrected chi connectivity index (χ2v) is 2.02. The summed E-state index contributed by atoms with van der Waals surface area (Å²) in [5, 5.41) is 9.11. The molecule has 1 unspecified atom stereocenters. The number of rotatable bonds is 2. The van der Waals surface area contributed by atoms with Crippen molar-refractivity contribution in [3.05, 3.63) is 0 Å². The third kappa shape index (κ3) is 3.75. The second-order valence-electron chi connectivity index (χ2n) is 2.02. The van der Waals surface area contributed by atoms with E-state index in [1.54, 1.807) is 6.92 Å². The van der Waals surface area contributed by atoms with E-state index >= 15 is 0 Å². The van der Waals surface area contributed by atoms with Crippen LogP contribution >= 0.6 is 0 Å². The summed E-state index contributed by atoms with van der Waals surface area (Å²) in [6, 6.07) is 0. The van der Waals surface area contributed by atoms with Gasteiger partial charge in [-0.2, -0.15) is 0 Å². The molecule has 0 aliphatic carbocycles. The SMILES string of the molecule is CC#CC(C)(O)CC=O. The van der Waals surface area contributed by atoms with Crippen molar-refractivity contribution >= 4 is 6.29 Å². The zero-order valence-corrected chi connectivity index (χ0v) is 5.64. The summed E-state index contributed by atoms with van der Waals surface area (Å²) in [5.74, 6) is 5.03. The lowest BCUT2D eigenvalue weighted by Crippen LogP contribution is -2.21.